The summed E-state index contributed by atoms with van der Waals surface area (Å²) in [5.41, 5.74) is 5.56. The predicted molar refractivity (Wildman–Crippen MR) is 41.2 cm³/mol. The van der Waals surface area contributed by atoms with Crippen molar-refractivity contribution < 1.29 is 0 Å². The monoisotopic (exact) mass is 130 g/mol. The number of nitrogens with one attached hydrogen (secondary N) is 1. The van der Waals surface area contributed by atoms with Gasteiger partial charge in [0.15, 0.2) is 0 Å². The zero-order valence-corrected chi connectivity index (χ0v) is 6.70. The van der Waals surface area contributed by atoms with Crippen molar-refractivity contribution >= 4 is 0 Å². The van der Waals surface area contributed by atoms with E-state index >= 15 is 0 Å². The first-order chi connectivity index (χ1) is 4.12. The highest BCUT2D eigenvalue weighted by Gasteiger charge is 2.12. The molecule has 0 saturated heterocycles. The van der Waals surface area contributed by atoms with Crippen LogP contribution in [0.25, 0.3) is 0 Å². The van der Waals surface area contributed by atoms with Crippen molar-refractivity contribution in [3.05, 3.63) is 0 Å². The van der Waals surface area contributed by atoms with E-state index in [-0.39, 0.29) is 5.54 Å². The van der Waals surface area contributed by atoms with Crippen LogP contribution < -0.4 is 11.1 Å². The summed E-state index contributed by atoms with van der Waals surface area (Å²) in [5.74, 6) is 0. The number of hydrogen-bond acceptors (Lipinski definition) is 2. The van der Waals surface area contributed by atoms with Gasteiger partial charge in [-0.2, -0.15) is 0 Å². The third-order valence-electron chi connectivity index (χ3n) is 1.46. The molecular formula is C7H18N2. The molecule has 0 atom stereocenters. The van der Waals surface area contributed by atoms with Crippen LogP contribution in [0.1, 0.15) is 33.6 Å². The van der Waals surface area contributed by atoms with E-state index in [1.165, 1.54) is 12.8 Å². The van der Waals surface area contributed by atoms with Gasteiger partial charge in [-0.15, -0.1) is 0 Å². The normalized spacial score (nSPS) is 12.0. The van der Waals surface area contributed by atoms with Gasteiger partial charge in [-0.25, -0.2) is 0 Å². The van der Waals surface area contributed by atoms with E-state index in [0.717, 1.165) is 0 Å². The lowest BCUT2D eigenvalue weighted by atomic mass is 10.00. The maximum atomic E-state index is 5.33. The molecule has 0 aromatic rings. The maximum absolute atomic E-state index is 5.33. The Balaban J connectivity index is 3.43. The highest BCUT2D eigenvalue weighted by molar-refractivity contribution is 4.74. The third kappa shape index (κ3) is 4.43. The van der Waals surface area contributed by atoms with Crippen LogP contribution in [0.15, 0.2) is 0 Å². The Morgan fingerprint density at radius 3 is 2.33 bits per heavy atom. The molecule has 9 heavy (non-hydrogen) atoms. The van der Waals surface area contributed by atoms with E-state index < -0.39 is 0 Å². The highest BCUT2D eigenvalue weighted by atomic mass is 15.0. The Bertz CT molecular complexity index is 61.3. The molecule has 0 amide bonds. The van der Waals surface area contributed by atoms with Crippen LogP contribution in [0.2, 0.25) is 0 Å². The van der Waals surface area contributed by atoms with Crippen molar-refractivity contribution in [1.29, 1.82) is 0 Å². The van der Waals surface area contributed by atoms with Gasteiger partial charge in [-0.05, 0) is 20.3 Å². The molecule has 0 saturated carbocycles. The quantitative estimate of drug-likeness (QED) is 0.559. The van der Waals surface area contributed by atoms with Gasteiger partial charge in [0.25, 0.3) is 0 Å². The van der Waals surface area contributed by atoms with Crippen molar-refractivity contribution in [1.82, 2.24) is 5.32 Å². The molecule has 0 fully saturated rings. The first-order valence-corrected chi connectivity index (χ1v) is 3.57. The summed E-state index contributed by atoms with van der Waals surface area (Å²) in [6, 6.07) is 0. The van der Waals surface area contributed by atoms with Gasteiger partial charge >= 0.3 is 0 Å². The summed E-state index contributed by atoms with van der Waals surface area (Å²) < 4.78 is 0. The Morgan fingerprint density at radius 2 is 2.00 bits per heavy atom. The number of rotatable bonds is 4. The van der Waals surface area contributed by atoms with Crippen molar-refractivity contribution in [2.45, 2.75) is 39.2 Å². The topological polar surface area (TPSA) is 38.0 Å². The SMILES string of the molecule is CCCC(C)(C)NCN. The second-order valence-electron chi connectivity index (χ2n) is 3.01. The van der Waals surface area contributed by atoms with E-state index in [0.29, 0.717) is 6.67 Å². The summed E-state index contributed by atoms with van der Waals surface area (Å²) in [7, 11) is 0. The molecule has 0 rings (SSSR count). The number of hydrogen-bond donors (Lipinski definition) is 2. The lowest BCUT2D eigenvalue weighted by Gasteiger charge is -2.24. The molecule has 0 aromatic carbocycles. The van der Waals surface area contributed by atoms with Crippen LogP contribution in [-0.4, -0.2) is 12.2 Å². The van der Waals surface area contributed by atoms with Crippen molar-refractivity contribution in [3.8, 4) is 0 Å². The zero-order chi connectivity index (χ0) is 7.33. The largest absolute Gasteiger partial charge is 0.318 e. The fourth-order valence-corrected chi connectivity index (χ4v) is 0.990. The zero-order valence-electron chi connectivity index (χ0n) is 6.70. The van der Waals surface area contributed by atoms with Gasteiger partial charge in [0.2, 0.25) is 0 Å². The van der Waals surface area contributed by atoms with Gasteiger partial charge in [0, 0.05) is 12.2 Å². The molecule has 56 valence electrons. The molecule has 0 radical (unpaired) electrons. The smallest absolute Gasteiger partial charge is 0.0432 e. The standard InChI is InChI=1S/C7H18N2/c1-4-5-7(2,3)9-6-8/h9H,4-6,8H2,1-3H3. The molecule has 0 aliphatic rings. The van der Waals surface area contributed by atoms with Crippen LogP contribution in [-0.2, 0) is 0 Å². The lowest BCUT2D eigenvalue weighted by molar-refractivity contribution is 0.364. The second kappa shape index (κ2) is 3.85. The molecular weight excluding hydrogens is 112 g/mol. The first-order valence-electron chi connectivity index (χ1n) is 3.57. The van der Waals surface area contributed by atoms with E-state index in [9.17, 15) is 0 Å². The summed E-state index contributed by atoms with van der Waals surface area (Å²) in [4.78, 5) is 0. The fraction of sp³-hybridized carbons (Fsp3) is 1.00. The Kier molecular flexibility index (Phi) is 3.82. The molecule has 0 aliphatic heterocycles. The maximum Gasteiger partial charge on any atom is 0.0432 e. The van der Waals surface area contributed by atoms with Crippen LogP contribution in [0, 0.1) is 0 Å². The average Bonchev–Trinajstić information content (AvgIpc) is 1.64. The molecule has 0 unspecified atom stereocenters. The Hall–Kier alpha value is -0.0800. The Morgan fingerprint density at radius 1 is 1.44 bits per heavy atom. The number of nitrogens with two attached hydrogens (primary N) is 1. The van der Waals surface area contributed by atoms with E-state index in [2.05, 4.69) is 26.1 Å². The van der Waals surface area contributed by atoms with Crippen LogP contribution in [0.4, 0.5) is 0 Å². The van der Waals surface area contributed by atoms with Crippen molar-refractivity contribution in [2.24, 2.45) is 5.73 Å². The summed E-state index contributed by atoms with van der Waals surface area (Å²) in [6.45, 7) is 7.10. The van der Waals surface area contributed by atoms with E-state index in [4.69, 9.17) is 5.73 Å². The fourth-order valence-electron chi connectivity index (χ4n) is 0.990. The van der Waals surface area contributed by atoms with Crippen molar-refractivity contribution in [2.75, 3.05) is 6.67 Å². The molecule has 0 spiro atoms. The minimum Gasteiger partial charge on any atom is -0.318 e. The first kappa shape index (κ1) is 8.92. The van der Waals surface area contributed by atoms with Crippen LogP contribution >= 0.6 is 0 Å². The van der Waals surface area contributed by atoms with Crippen LogP contribution in [0.5, 0.6) is 0 Å². The van der Waals surface area contributed by atoms with E-state index in [1.54, 1.807) is 0 Å². The molecule has 0 aromatic heterocycles. The van der Waals surface area contributed by atoms with Gasteiger partial charge in [0.1, 0.15) is 0 Å². The van der Waals surface area contributed by atoms with Crippen LogP contribution in [0.3, 0.4) is 0 Å². The molecule has 2 nitrogen and oxygen atoms in total. The average molecular weight is 130 g/mol. The van der Waals surface area contributed by atoms with Gasteiger partial charge in [-0.1, -0.05) is 13.3 Å². The van der Waals surface area contributed by atoms with Crippen molar-refractivity contribution in [3.63, 3.8) is 0 Å². The predicted octanol–water partition coefficient (Wildman–Crippen LogP) is 1.07. The molecule has 3 N–H and O–H groups in total. The van der Waals surface area contributed by atoms with E-state index in [1.807, 2.05) is 0 Å². The second-order valence-corrected chi connectivity index (χ2v) is 3.01. The molecule has 2 heteroatoms. The minimum absolute atomic E-state index is 0.226. The Labute approximate surface area is 57.8 Å². The summed E-state index contributed by atoms with van der Waals surface area (Å²) in [6.07, 6.45) is 2.39. The highest BCUT2D eigenvalue weighted by Crippen LogP contribution is 2.08. The summed E-state index contributed by atoms with van der Waals surface area (Å²) in [5, 5.41) is 3.20. The molecule has 0 bridgehead atoms. The van der Waals surface area contributed by atoms with Gasteiger partial charge in [-0.3, -0.25) is 5.32 Å². The summed E-state index contributed by atoms with van der Waals surface area (Å²) >= 11 is 0. The minimum atomic E-state index is 0.226. The molecule has 0 aliphatic carbocycles. The molecule has 0 heterocycles. The van der Waals surface area contributed by atoms with Gasteiger partial charge < -0.3 is 5.73 Å². The lowest BCUT2D eigenvalue weighted by Crippen LogP contribution is -2.42. The third-order valence-corrected chi connectivity index (χ3v) is 1.46. The van der Waals surface area contributed by atoms with Gasteiger partial charge in [0.05, 0.1) is 0 Å².